The zero-order valence-electron chi connectivity index (χ0n) is 7.74. The molecule has 0 bridgehead atoms. The van der Waals surface area contributed by atoms with E-state index in [-0.39, 0.29) is 35.5 Å². The SMILES string of the molecule is COC(=O)Cc1ccc([S-])cc1.[Na+]. The Hall–Kier alpha value is -0.0900. The quantitative estimate of drug-likeness (QED) is 0.327. The molecule has 1 aromatic carbocycles. The molecule has 13 heavy (non-hydrogen) atoms. The third kappa shape index (κ3) is 4.62. The molecule has 0 aliphatic carbocycles. The van der Waals surface area contributed by atoms with Crippen molar-refractivity contribution in [3.63, 3.8) is 0 Å². The molecule has 0 radical (unpaired) electrons. The summed E-state index contributed by atoms with van der Waals surface area (Å²) in [5.41, 5.74) is 0.926. The van der Waals surface area contributed by atoms with E-state index >= 15 is 0 Å². The number of rotatable bonds is 2. The first kappa shape index (κ1) is 12.9. The van der Waals surface area contributed by atoms with Gasteiger partial charge in [-0.3, -0.25) is 4.79 Å². The molecule has 2 nitrogen and oxygen atoms in total. The summed E-state index contributed by atoms with van der Waals surface area (Å²) in [6.45, 7) is 0. The van der Waals surface area contributed by atoms with Gasteiger partial charge in [-0.2, -0.15) is 4.90 Å². The summed E-state index contributed by atoms with van der Waals surface area (Å²) >= 11 is 4.90. The van der Waals surface area contributed by atoms with Crippen molar-refractivity contribution < 1.29 is 39.1 Å². The molecule has 1 aromatic rings. The van der Waals surface area contributed by atoms with Crippen LogP contribution in [0.5, 0.6) is 0 Å². The van der Waals surface area contributed by atoms with Crippen molar-refractivity contribution in [1.29, 1.82) is 0 Å². The molecule has 0 heterocycles. The maximum Gasteiger partial charge on any atom is 1.00 e. The van der Waals surface area contributed by atoms with E-state index in [4.69, 9.17) is 12.6 Å². The largest absolute Gasteiger partial charge is 1.00 e. The minimum absolute atomic E-state index is 0. The van der Waals surface area contributed by atoms with Crippen molar-refractivity contribution in [2.24, 2.45) is 0 Å². The van der Waals surface area contributed by atoms with Gasteiger partial charge in [0.25, 0.3) is 0 Å². The van der Waals surface area contributed by atoms with Crippen LogP contribution in [0.25, 0.3) is 0 Å². The summed E-state index contributed by atoms with van der Waals surface area (Å²) in [6, 6.07) is 7.26. The van der Waals surface area contributed by atoms with Gasteiger partial charge in [0, 0.05) is 0 Å². The molecule has 0 amide bonds. The van der Waals surface area contributed by atoms with E-state index in [9.17, 15) is 4.79 Å². The normalized spacial score (nSPS) is 8.69. The van der Waals surface area contributed by atoms with Gasteiger partial charge in [0.1, 0.15) is 0 Å². The fourth-order valence-corrected chi connectivity index (χ4v) is 0.982. The topological polar surface area (TPSA) is 26.3 Å². The number of hydrogen-bond acceptors (Lipinski definition) is 3. The van der Waals surface area contributed by atoms with E-state index < -0.39 is 0 Å². The zero-order chi connectivity index (χ0) is 8.97. The van der Waals surface area contributed by atoms with E-state index in [2.05, 4.69) is 4.74 Å². The summed E-state index contributed by atoms with van der Waals surface area (Å²) in [4.78, 5) is 11.6. The first-order valence-corrected chi connectivity index (χ1v) is 3.96. The number of ether oxygens (including phenoxy) is 1. The van der Waals surface area contributed by atoms with Crippen LogP contribution < -0.4 is 29.6 Å². The van der Waals surface area contributed by atoms with Crippen LogP contribution in [-0.2, 0) is 28.6 Å². The van der Waals surface area contributed by atoms with Gasteiger partial charge in [0.15, 0.2) is 0 Å². The average Bonchev–Trinajstić information content (AvgIpc) is 2.09. The molecule has 0 unspecified atom stereocenters. The summed E-state index contributed by atoms with van der Waals surface area (Å²) in [5.74, 6) is -0.230. The molecule has 0 atom stereocenters. The van der Waals surface area contributed by atoms with Crippen LogP contribution in [0.2, 0.25) is 0 Å². The van der Waals surface area contributed by atoms with Crippen LogP contribution in [0.1, 0.15) is 5.56 Å². The van der Waals surface area contributed by atoms with Crippen molar-refractivity contribution in [3.8, 4) is 0 Å². The number of benzene rings is 1. The third-order valence-corrected chi connectivity index (χ3v) is 1.77. The molecule has 1 rings (SSSR count). The third-order valence-electron chi connectivity index (χ3n) is 1.50. The first-order chi connectivity index (χ1) is 5.72. The Balaban J connectivity index is 0.00000144. The van der Waals surface area contributed by atoms with Gasteiger partial charge in [0.2, 0.25) is 0 Å². The zero-order valence-corrected chi connectivity index (χ0v) is 10.6. The van der Waals surface area contributed by atoms with E-state index in [0.717, 1.165) is 10.5 Å². The van der Waals surface area contributed by atoms with E-state index in [1.807, 2.05) is 12.1 Å². The molecular weight excluding hydrogens is 195 g/mol. The second kappa shape index (κ2) is 6.38. The Bertz CT molecular complexity index is 271. The van der Waals surface area contributed by atoms with Gasteiger partial charge >= 0.3 is 35.5 Å². The molecule has 0 N–H and O–H groups in total. The number of carbonyl (C=O) groups excluding carboxylic acids is 1. The van der Waals surface area contributed by atoms with Crippen molar-refractivity contribution in [2.45, 2.75) is 11.3 Å². The second-order valence-corrected chi connectivity index (χ2v) is 2.87. The molecule has 0 aromatic heterocycles. The molecule has 64 valence electrons. The van der Waals surface area contributed by atoms with E-state index in [1.165, 1.54) is 7.11 Å². The molecule has 4 heteroatoms. The second-order valence-electron chi connectivity index (χ2n) is 2.40. The fraction of sp³-hybridized carbons (Fsp3) is 0.222. The van der Waals surface area contributed by atoms with Gasteiger partial charge in [-0.1, -0.05) is 24.3 Å². The van der Waals surface area contributed by atoms with Crippen molar-refractivity contribution in [1.82, 2.24) is 0 Å². The Morgan fingerprint density at radius 3 is 2.38 bits per heavy atom. The van der Waals surface area contributed by atoms with Gasteiger partial charge in [0.05, 0.1) is 13.5 Å². The average molecular weight is 204 g/mol. The van der Waals surface area contributed by atoms with Crippen LogP contribution in [-0.4, -0.2) is 13.1 Å². The number of carbonyl (C=O) groups is 1. The number of hydrogen-bond donors (Lipinski definition) is 0. The van der Waals surface area contributed by atoms with Crippen LogP contribution >= 0.6 is 0 Å². The molecular formula is C9H9NaO2S. The summed E-state index contributed by atoms with van der Waals surface area (Å²) in [7, 11) is 1.38. The standard InChI is InChI=1S/C9H10O2S.Na/c1-11-9(10)6-7-2-4-8(12)5-3-7;/h2-5,12H,6H2,1H3;/q;+1/p-1. The van der Waals surface area contributed by atoms with Crippen molar-refractivity contribution >= 4 is 18.6 Å². The van der Waals surface area contributed by atoms with Gasteiger partial charge in [-0.25, -0.2) is 0 Å². The van der Waals surface area contributed by atoms with E-state index in [0.29, 0.717) is 6.42 Å². The molecule has 0 saturated carbocycles. The van der Waals surface area contributed by atoms with Crippen LogP contribution in [0.15, 0.2) is 29.2 Å². The molecule has 0 aliphatic rings. The molecule has 0 spiro atoms. The van der Waals surface area contributed by atoms with Crippen LogP contribution in [0.4, 0.5) is 0 Å². The smallest absolute Gasteiger partial charge is 0.780 e. The summed E-state index contributed by atoms with van der Waals surface area (Å²) in [6.07, 6.45) is 0.312. The number of methoxy groups -OCH3 is 1. The number of esters is 1. The minimum Gasteiger partial charge on any atom is -0.780 e. The Kier molecular flexibility index (Phi) is 6.33. The first-order valence-electron chi connectivity index (χ1n) is 3.55. The predicted octanol–water partition coefficient (Wildman–Crippen LogP) is -1.69. The monoisotopic (exact) mass is 204 g/mol. The summed E-state index contributed by atoms with van der Waals surface area (Å²) < 4.78 is 4.52. The summed E-state index contributed by atoms with van der Waals surface area (Å²) in [5, 5.41) is 0. The van der Waals surface area contributed by atoms with Gasteiger partial charge in [-0.15, -0.1) is 0 Å². The Labute approximate surface area is 105 Å². The minimum atomic E-state index is -0.230. The van der Waals surface area contributed by atoms with Crippen molar-refractivity contribution in [3.05, 3.63) is 29.8 Å². The van der Waals surface area contributed by atoms with Gasteiger partial charge in [-0.05, 0) is 5.56 Å². The molecule has 0 saturated heterocycles. The maximum absolute atomic E-state index is 10.8. The van der Waals surface area contributed by atoms with E-state index in [1.54, 1.807) is 12.1 Å². The van der Waals surface area contributed by atoms with Crippen LogP contribution in [0.3, 0.4) is 0 Å². The molecule has 0 aliphatic heterocycles. The predicted molar refractivity (Wildman–Crippen MR) is 47.8 cm³/mol. The molecule has 0 fully saturated rings. The van der Waals surface area contributed by atoms with Gasteiger partial charge < -0.3 is 17.4 Å². The Morgan fingerprint density at radius 1 is 1.38 bits per heavy atom. The fourth-order valence-electron chi connectivity index (χ4n) is 0.846. The maximum atomic E-state index is 10.8. The van der Waals surface area contributed by atoms with Crippen LogP contribution in [0, 0.1) is 0 Å². The van der Waals surface area contributed by atoms with Crippen molar-refractivity contribution in [2.75, 3.05) is 7.11 Å². The Morgan fingerprint density at radius 2 is 1.92 bits per heavy atom.